The number of aromatic nitrogens is 2. The number of amides is 1. The second-order valence-corrected chi connectivity index (χ2v) is 7.26. The second kappa shape index (κ2) is 9.41. The summed E-state index contributed by atoms with van der Waals surface area (Å²) in [4.78, 5) is 22.1. The van der Waals surface area contributed by atoms with E-state index in [0.29, 0.717) is 24.9 Å². The van der Waals surface area contributed by atoms with Crippen LogP contribution in [0.3, 0.4) is 0 Å². The third-order valence-electron chi connectivity index (χ3n) is 5.41. The Labute approximate surface area is 179 Å². The molecule has 0 saturated heterocycles. The lowest BCUT2D eigenvalue weighted by molar-refractivity contribution is -0.137. The third-order valence-corrected chi connectivity index (χ3v) is 5.41. The van der Waals surface area contributed by atoms with Gasteiger partial charge in [0.05, 0.1) is 22.7 Å². The van der Waals surface area contributed by atoms with Crippen molar-refractivity contribution in [3.05, 3.63) is 59.9 Å². The summed E-state index contributed by atoms with van der Waals surface area (Å²) in [5.74, 6) is -0.0156. The summed E-state index contributed by atoms with van der Waals surface area (Å²) in [7, 11) is 0. The fraction of sp³-hybridized carbons (Fsp3) is 0.391. The Morgan fingerprint density at radius 1 is 1.13 bits per heavy atom. The standard InChI is InChI=1S/C23H26F3N3O2/c1-4-18(19(5-2)31-20-11-10-16(14-28-20)23(24,25)26)29(6-3)22(30)17-9-7-8-15-12-13-27-21(15)17/h7-14,18-19,27H,4-6H2,1-3H3. The number of nitrogens with one attached hydrogen (secondary N) is 1. The largest absolute Gasteiger partial charge is 0.472 e. The Bertz CT molecular complexity index is 1010. The summed E-state index contributed by atoms with van der Waals surface area (Å²) in [6, 6.07) is 9.38. The number of para-hydroxylation sites is 1. The molecular weight excluding hydrogens is 407 g/mol. The molecule has 3 rings (SSSR count). The molecule has 0 saturated carbocycles. The van der Waals surface area contributed by atoms with Crippen molar-refractivity contribution in [2.45, 2.75) is 51.9 Å². The number of carbonyl (C=O) groups excluding carboxylic acids is 1. The van der Waals surface area contributed by atoms with Gasteiger partial charge in [-0.25, -0.2) is 4.98 Å². The molecular formula is C23H26F3N3O2. The lowest BCUT2D eigenvalue weighted by Gasteiger charge is -2.35. The Hall–Kier alpha value is -3.03. The van der Waals surface area contributed by atoms with E-state index in [9.17, 15) is 18.0 Å². The Balaban J connectivity index is 1.84. The number of likely N-dealkylation sites (N-methyl/N-ethyl adjacent to an activating group) is 1. The first-order chi connectivity index (χ1) is 14.8. The molecule has 31 heavy (non-hydrogen) atoms. The van der Waals surface area contributed by atoms with Gasteiger partial charge in [0, 0.05) is 30.4 Å². The minimum absolute atomic E-state index is 0.105. The lowest BCUT2D eigenvalue weighted by atomic mass is 10.0. The molecule has 0 aliphatic heterocycles. The third kappa shape index (κ3) is 4.84. The van der Waals surface area contributed by atoms with Crippen molar-refractivity contribution in [1.29, 1.82) is 0 Å². The maximum atomic E-state index is 13.4. The Morgan fingerprint density at radius 3 is 2.48 bits per heavy atom. The number of rotatable bonds is 8. The van der Waals surface area contributed by atoms with Gasteiger partial charge in [-0.1, -0.05) is 26.0 Å². The highest BCUT2D eigenvalue weighted by Gasteiger charge is 2.32. The number of carbonyl (C=O) groups is 1. The molecule has 1 aromatic carbocycles. The van der Waals surface area contributed by atoms with Crippen molar-refractivity contribution in [2.24, 2.45) is 0 Å². The Morgan fingerprint density at radius 2 is 1.90 bits per heavy atom. The first-order valence-corrected chi connectivity index (χ1v) is 10.4. The van der Waals surface area contributed by atoms with Crippen LogP contribution in [-0.4, -0.2) is 39.5 Å². The molecule has 5 nitrogen and oxygen atoms in total. The number of nitrogens with zero attached hydrogens (tertiary/aromatic N) is 2. The normalized spacial score (nSPS) is 13.7. The quantitative estimate of drug-likeness (QED) is 0.497. The maximum Gasteiger partial charge on any atom is 0.417 e. The average Bonchev–Trinajstić information content (AvgIpc) is 3.24. The van der Waals surface area contributed by atoms with Gasteiger partial charge in [-0.05, 0) is 38.0 Å². The van der Waals surface area contributed by atoms with Crippen molar-refractivity contribution < 1.29 is 22.7 Å². The number of H-pyrrole nitrogens is 1. The van der Waals surface area contributed by atoms with E-state index in [4.69, 9.17) is 4.74 Å². The molecule has 0 fully saturated rings. The zero-order valence-electron chi connectivity index (χ0n) is 17.7. The van der Waals surface area contributed by atoms with Crippen LogP contribution in [0.4, 0.5) is 13.2 Å². The van der Waals surface area contributed by atoms with E-state index in [2.05, 4.69) is 9.97 Å². The van der Waals surface area contributed by atoms with Crippen LogP contribution in [0.2, 0.25) is 0 Å². The lowest BCUT2D eigenvalue weighted by Crippen LogP contribution is -2.48. The van der Waals surface area contributed by atoms with Gasteiger partial charge in [0.1, 0.15) is 6.10 Å². The van der Waals surface area contributed by atoms with Crippen molar-refractivity contribution in [3.8, 4) is 5.88 Å². The monoisotopic (exact) mass is 433 g/mol. The predicted molar refractivity (Wildman–Crippen MR) is 113 cm³/mol. The molecule has 2 heterocycles. The van der Waals surface area contributed by atoms with Gasteiger partial charge in [-0.2, -0.15) is 13.2 Å². The number of aromatic amines is 1. The van der Waals surface area contributed by atoms with Crippen LogP contribution in [0.1, 0.15) is 49.5 Å². The van der Waals surface area contributed by atoms with E-state index in [-0.39, 0.29) is 17.8 Å². The number of hydrogen-bond donors (Lipinski definition) is 1. The van der Waals surface area contributed by atoms with E-state index in [1.54, 1.807) is 17.2 Å². The number of halogens is 3. The zero-order chi connectivity index (χ0) is 22.6. The fourth-order valence-corrected chi connectivity index (χ4v) is 3.84. The average molecular weight is 433 g/mol. The minimum Gasteiger partial charge on any atom is -0.472 e. The van der Waals surface area contributed by atoms with Crippen LogP contribution >= 0.6 is 0 Å². The molecule has 0 bridgehead atoms. The van der Waals surface area contributed by atoms with Crippen LogP contribution in [0.15, 0.2) is 48.8 Å². The van der Waals surface area contributed by atoms with Gasteiger partial charge in [-0.3, -0.25) is 4.79 Å². The fourth-order valence-electron chi connectivity index (χ4n) is 3.84. The summed E-state index contributed by atoms with van der Waals surface area (Å²) in [5.41, 5.74) is 0.522. The van der Waals surface area contributed by atoms with Crippen LogP contribution in [0, 0.1) is 0 Å². The zero-order valence-corrected chi connectivity index (χ0v) is 17.7. The van der Waals surface area contributed by atoms with Crippen molar-refractivity contribution in [1.82, 2.24) is 14.9 Å². The number of hydrogen-bond acceptors (Lipinski definition) is 3. The summed E-state index contributed by atoms with van der Waals surface area (Å²) in [5, 5.41) is 0.951. The molecule has 0 radical (unpaired) electrons. The molecule has 2 aromatic heterocycles. The summed E-state index contributed by atoms with van der Waals surface area (Å²) in [6.45, 7) is 6.25. The van der Waals surface area contributed by atoms with Gasteiger partial charge < -0.3 is 14.6 Å². The highest BCUT2D eigenvalue weighted by Crippen LogP contribution is 2.30. The van der Waals surface area contributed by atoms with Gasteiger partial charge in [0.2, 0.25) is 5.88 Å². The molecule has 1 N–H and O–H groups in total. The highest BCUT2D eigenvalue weighted by atomic mass is 19.4. The molecule has 8 heteroatoms. The van der Waals surface area contributed by atoms with Crippen LogP contribution in [-0.2, 0) is 6.18 Å². The smallest absolute Gasteiger partial charge is 0.417 e. The molecule has 2 atom stereocenters. The summed E-state index contributed by atoms with van der Waals surface area (Å²) >= 11 is 0. The first-order valence-electron chi connectivity index (χ1n) is 10.4. The van der Waals surface area contributed by atoms with E-state index >= 15 is 0 Å². The van der Waals surface area contributed by atoms with E-state index in [1.807, 2.05) is 39.0 Å². The number of ether oxygens (including phenoxy) is 1. The van der Waals surface area contributed by atoms with E-state index in [0.717, 1.165) is 23.2 Å². The van der Waals surface area contributed by atoms with Crippen LogP contribution in [0.25, 0.3) is 10.9 Å². The first kappa shape index (κ1) is 22.7. The molecule has 166 valence electrons. The highest BCUT2D eigenvalue weighted by molar-refractivity contribution is 6.05. The topological polar surface area (TPSA) is 58.2 Å². The van der Waals surface area contributed by atoms with Crippen LogP contribution in [0.5, 0.6) is 5.88 Å². The SMILES string of the molecule is CCC(Oc1ccc(C(F)(F)F)cn1)C(CC)N(CC)C(=O)c1cccc2cc[nH]c12. The number of benzene rings is 1. The molecule has 0 spiro atoms. The van der Waals surface area contributed by atoms with Gasteiger partial charge in [0.25, 0.3) is 5.91 Å². The molecule has 0 aliphatic rings. The maximum absolute atomic E-state index is 13.4. The predicted octanol–water partition coefficient (Wildman–Crippen LogP) is 5.68. The molecule has 1 amide bonds. The van der Waals surface area contributed by atoms with E-state index in [1.165, 1.54) is 6.07 Å². The number of alkyl halides is 3. The summed E-state index contributed by atoms with van der Waals surface area (Å²) in [6.07, 6.45) is -1.12. The van der Waals surface area contributed by atoms with Crippen molar-refractivity contribution >= 4 is 16.8 Å². The molecule has 0 aliphatic carbocycles. The second-order valence-electron chi connectivity index (χ2n) is 7.26. The van der Waals surface area contributed by atoms with Gasteiger partial charge >= 0.3 is 6.18 Å². The van der Waals surface area contributed by atoms with Crippen molar-refractivity contribution in [2.75, 3.05) is 6.54 Å². The van der Waals surface area contributed by atoms with Crippen LogP contribution < -0.4 is 4.74 Å². The minimum atomic E-state index is -4.45. The summed E-state index contributed by atoms with van der Waals surface area (Å²) < 4.78 is 44.3. The van der Waals surface area contributed by atoms with Gasteiger partial charge in [-0.15, -0.1) is 0 Å². The number of fused-ring (bicyclic) bond motifs is 1. The Kier molecular flexibility index (Phi) is 6.87. The van der Waals surface area contributed by atoms with Crippen molar-refractivity contribution in [3.63, 3.8) is 0 Å². The number of pyridine rings is 1. The van der Waals surface area contributed by atoms with E-state index < -0.39 is 17.8 Å². The molecule has 2 unspecified atom stereocenters. The molecule has 3 aromatic rings. The van der Waals surface area contributed by atoms with Gasteiger partial charge in [0.15, 0.2) is 0 Å².